The van der Waals surface area contributed by atoms with Gasteiger partial charge in [0, 0.05) is 0 Å². The van der Waals surface area contributed by atoms with Crippen molar-refractivity contribution in [3.8, 4) is 5.75 Å². The van der Waals surface area contributed by atoms with Gasteiger partial charge < -0.3 is 5.11 Å². The van der Waals surface area contributed by atoms with Crippen LogP contribution in [0.3, 0.4) is 0 Å². The van der Waals surface area contributed by atoms with E-state index in [0.717, 1.165) is 0 Å². The van der Waals surface area contributed by atoms with Crippen LogP contribution in [-0.2, 0) is 0 Å². The number of rotatable bonds is 0. The molecule has 0 fully saturated rings. The minimum absolute atomic E-state index is 0.0714. The van der Waals surface area contributed by atoms with Gasteiger partial charge in [0.15, 0.2) is 5.82 Å². The first-order valence-electron chi connectivity index (χ1n) is 2.45. The van der Waals surface area contributed by atoms with E-state index in [0.29, 0.717) is 3.57 Å². The van der Waals surface area contributed by atoms with Gasteiger partial charge in [-0.1, -0.05) is 0 Å². The van der Waals surface area contributed by atoms with Crippen LogP contribution >= 0.6 is 38.5 Å². The Morgan fingerprint density at radius 3 is 2.60 bits per heavy atom. The second-order valence-electron chi connectivity index (χ2n) is 1.69. The van der Waals surface area contributed by atoms with Crippen molar-refractivity contribution < 1.29 is 9.50 Å². The third-order valence-electron chi connectivity index (χ3n) is 1.01. The zero-order valence-electron chi connectivity index (χ0n) is 4.74. The SMILES string of the molecule is Oc1ccc(I)c(F)c1Br. The summed E-state index contributed by atoms with van der Waals surface area (Å²) in [5.74, 6) is -0.487. The molecule has 0 atom stereocenters. The van der Waals surface area contributed by atoms with Crippen LogP contribution in [0.4, 0.5) is 4.39 Å². The van der Waals surface area contributed by atoms with Gasteiger partial charge in [-0.3, -0.25) is 0 Å². The molecule has 0 unspecified atom stereocenters. The Balaban J connectivity index is 3.34. The molecule has 0 heterocycles. The molecule has 0 amide bonds. The number of phenolic OH excluding ortho intramolecular Hbond substituents is 1. The molecule has 10 heavy (non-hydrogen) atoms. The number of phenols is 1. The molecule has 0 aliphatic rings. The minimum Gasteiger partial charge on any atom is -0.507 e. The Bertz CT molecular complexity index is 237. The molecule has 4 heteroatoms. The van der Waals surface area contributed by atoms with Gasteiger partial charge in [0.2, 0.25) is 0 Å². The predicted molar refractivity (Wildman–Crippen MR) is 48.5 cm³/mol. The summed E-state index contributed by atoms with van der Waals surface area (Å²) < 4.78 is 13.4. The van der Waals surface area contributed by atoms with E-state index in [2.05, 4.69) is 15.9 Å². The molecule has 0 aliphatic carbocycles. The maximum Gasteiger partial charge on any atom is 0.154 e. The minimum atomic E-state index is -0.416. The number of hydrogen-bond acceptors (Lipinski definition) is 1. The Morgan fingerprint density at radius 2 is 2.10 bits per heavy atom. The Kier molecular flexibility index (Phi) is 2.51. The van der Waals surface area contributed by atoms with E-state index in [1.807, 2.05) is 22.6 Å². The van der Waals surface area contributed by atoms with E-state index in [9.17, 15) is 4.39 Å². The summed E-state index contributed by atoms with van der Waals surface area (Å²) in [6, 6.07) is 2.95. The lowest BCUT2D eigenvalue weighted by Gasteiger charge is -1.98. The number of hydrogen-bond donors (Lipinski definition) is 1. The Hall–Kier alpha value is 0.160. The summed E-state index contributed by atoms with van der Waals surface area (Å²) in [5.41, 5.74) is 0. The molecular weight excluding hydrogens is 314 g/mol. The first-order chi connectivity index (χ1) is 4.63. The molecule has 1 nitrogen and oxygen atoms in total. The molecule has 0 aromatic heterocycles. The Labute approximate surface area is 79.5 Å². The molecule has 0 aliphatic heterocycles. The molecule has 0 saturated heterocycles. The van der Waals surface area contributed by atoms with E-state index < -0.39 is 5.82 Å². The van der Waals surface area contributed by atoms with Crippen LogP contribution in [0.15, 0.2) is 16.6 Å². The first kappa shape index (κ1) is 8.26. The average molecular weight is 317 g/mol. The molecule has 0 spiro atoms. The second-order valence-corrected chi connectivity index (χ2v) is 3.65. The van der Waals surface area contributed by atoms with Gasteiger partial charge >= 0.3 is 0 Å². The highest BCUT2D eigenvalue weighted by atomic mass is 127. The van der Waals surface area contributed by atoms with Crippen molar-refractivity contribution in [3.63, 3.8) is 0 Å². The van der Waals surface area contributed by atoms with E-state index in [1.165, 1.54) is 12.1 Å². The molecule has 1 aromatic rings. The van der Waals surface area contributed by atoms with Crippen molar-refractivity contribution in [1.82, 2.24) is 0 Å². The lowest BCUT2D eigenvalue weighted by molar-refractivity contribution is 0.463. The fraction of sp³-hybridized carbons (Fsp3) is 0. The van der Waals surface area contributed by atoms with Crippen LogP contribution in [0.1, 0.15) is 0 Å². The van der Waals surface area contributed by atoms with Gasteiger partial charge in [0.05, 0.1) is 8.04 Å². The van der Waals surface area contributed by atoms with Gasteiger partial charge in [0.1, 0.15) is 5.75 Å². The first-order valence-corrected chi connectivity index (χ1v) is 4.32. The topological polar surface area (TPSA) is 20.2 Å². The van der Waals surface area contributed by atoms with Crippen LogP contribution in [0.25, 0.3) is 0 Å². The predicted octanol–water partition coefficient (Wildman–Crippen LogP) is 2.90. The average Bonchev–Trinajstić information content (AvgIpc) is 1.93. The molecule has 1 aromatic carbocycles. The van der Waals surface area contributed by atoms with Crippen LogP contribution in [0.5, 0.6) is 5.75 Å². The summed E-state index contributed by atoms with van der Waals surface area (Å²) in [6.45, 7) is 0. The zero-order valence-corrected chi connectivity index (χ0v) is 8.48. The summed E-state index contributed by atoms with van der Waals surface area (Å²) >= 11 is 4.75. The number of benzene rings is 1. The standard InChI is InChI=1S/C6H3BrFIO/c7-5-4(10)2-1-3(9)6(5)8/h1-2,10H. The molecule has 0 radical (unpaired) electrons. The van der Waals surface area contributed by atoms with Gasteiger partial charge in [-0.25, -0.2) is 4.39 Å². The molecule has 1 rings (SSSR count). The quantitative estimate of drug-likeness (QED) is 0.576. The van der Waals surface area contributed by atoms with Crippen molar-refractivity contribution in [2.75, 3.05) is 0 Å². The molecule has 0 saturated carbocycles. The zero-order chi connectivity index (χ0) is 7.72. The smallest absolute Gasteiger partial charge is 0.154 e. The van der Waals surface area contributed by atoms with E-state index in [-0.39, 0.29) is 10.2 Å². The van der Waals surface area contributed by atoms with E-state index in [4.69, 9.17) is 5.11 Å². The van der Waals surface area contributed by atoms with Gasteiger partial charge in [-0.2, -0.15) is 0 Å². The van der Waals surface area contributed by atoms with Crippen molar-refractivity contribution in [2.24, 2.45) is 0 Å². The van der Waals surface area contributed by atoms with Crippen LogP contribution in [0, 0.1) is 9.39 Å². The lowest BCUT2D eigenvalue weighted by Crippen LogP contribution is -1.82. The fourth-order valence-corrected chi connectivity index (χ4v) is 1.68. The second kappa shape index (κ2) is 3.04. The highest BCUT2D eigenvalue weighted by Gasteiger charge is 2.06. The summed E-state index contributed by atoms with van der Waals surface area (Å²) in [5, 5.41) is 8.93. The summed E-state index contributed by atoms with van der Waals surface area (Å²) in [4.78, 5) is 0. The van der Waals surface area contributed by atoms with E-state index in [1.54, 1.807) is 0 Å². The number of aromatic hydroxyl groups is 1. The van der Waals surface area contributed by atoms with Gasteiger partial charge in [-0.15, -0.1) is 0 Å². The highest BCUT2D eigenvalue weighted by molar-refractivity contribution is 14.1. The summed E-state index contributed by atoms with van der Waals surface area (Å²) in [7, 11) is 0. The monoisotopic (exact) mass is 316 g/mol. The normalized spacial score (nSPS) is 9.90. The molecular formula is C6H3BrFIO. The molecule has 54 valence electrons. The van der Waals surface area contributed by atoms with Crippen molar-refractivity contribution in [3.05, 3.63) is 26.0 Å². The maximum absolute atomic E-state index is 12.8. The van der Waals surface area contributed by atoms with Gasteiger partial charge in [-0.05, 0) is 50.7 Å². The largest absolute Gasteiger partial charge is 0.507 e. The maximum atomic E-state index is 12.8. The van der Waals surface area contributed by atoms with E-state index >= 15 is 0 Å². The lowest BCUT2D eigenvalue weighted by atomic mass is 10.3. The highest BCUT2D eigenvalue weighted by Crippen LogP contribution is 2.29. The van der Waals surface area contributed by atoms with Crippen LogP contribution in [-0.4, -0.2) is 5.11 Å². The fourth-order valence-electron chi connectivity index (χ4n) is 0.516. The number of halogens is 3. The van der Waals surface area contributed by atoms with Crippen LogP contribution in [0.2, 0.25) is 0 Å². The summed E-state index contributed by atoms with van der Waals surface area (Å²) in [6.07, 6.45) is 0. The third-order valence-corrected chi connectivity index (χ3v) is 2.60. The molecule has 1 N–H and O–H groups in total. The Morgan fingerprint density at radius 1 is 1.50 bits per heavy atom. The van der Waals surface area contributed by atoms with Crippen molar-refractivity contribution in [2.45, 2.75) is 0 Å². The molecule has 0 bridgehead atoms. The van der Waals surface area contributed by atoms with Crippen molar-refractivity contribution in [1.29, 1.82) is 0 Å². The van der Waals surface area contributed by atoms with Crippen molar-refractivity contribution >= 4 is 38.5 Å². The van der Waals surface area contributed by atoms with Gasteiger partial charge in [0.25, 0.3) is 0 Å². The van der Waals surface area contributed by atoms with Crippen LogP contribution < -0.4 is 0 Å². The third kappa shape index (κ3) is 1.42.